The number of amides is 1. The molecule has 1 aromatic heterocycles. The summed E-state index contributed by atoms with van der Waals surface area (Å²) < 4.78 is 28.3. The van der Waals surface area contributed by atoms with Crippen molar-refractivity contribution in [2.75, 3.05) is 18.9 Å². The summed E-state index contributed by atoms with van der Waals surface area (Å²) in [4.78, 5) is 23.8. The Hall–Kier alpha value is -3.30. The third kappa shape index (κ3) is 5.89. The van der Waals surface area contributed by atoms with E-state index in [-0.39, 0.29) is 29.6 Å². The second-order valence-electron chi connectivity index (χ2n) is 7.42. The highest BCUT2D eigenvalue weighted by Crippen LogP contribution is 2.16. The molecule has 0 bridgehead atoms. The van der Waals surface area contributed by atoms with Crippen molar-refractivity contribution in [3.8, 4) is 0 Å². The number of carbonyl (C=O) groups is 2. The minimum atomic E-state index is -3.69. The number of nitrogens with one attached hydrogen (secondary N) is 1. The maximum Gasteiger partial charge on any atom is 0.242 e. The van der Waals surface area contributed by atoms with Crippen molar-refractivity contribution in [1.29, 1.82) is 0 Å². The molecule has 9 heteroatoms. The number of ketones is 1. The van der Waals surface area contributed by atoms with E-state index in [1.807, 2.05) is 30.3 Å². The fourth-order valence-corrected chi connectivity index (χ4v) is 4.36. The summed E-state index contributed by atoms with van der Waals surface area (Å²) in [6.07, 6.45) is 2.15. The predicted octanol–water partition coefficient (Wildman–Crippen LogP) is 3.17. The number of hydrogen-bond donors (Lipinski definition) is 1. The number of sulfonamides is 1. The summed E-state index contributed by atoms with van der Waals surface area (Å²) in [6, 6.07) is 17.3. The second-order valence-corrected chi connectivity index (χ2v) is 9.46. The lowest BCUT2D eigenvalue weighted by atomic mass is 10.2. The molecule has 1 heterocycles. The van der Waals surface area contributed by atoms with E-state index in [0.29, 0.717) is 24.3 Å². The molecule has 3 aromatic rings. The third-order valence-electron chi connectivity index (χ3n) is 5.01. The largest absolute Gasteiger partial charge is 0.311 e. The molecule has 32 heavy (non-hydrogen) atoms. The average Bonchev–Trinajstić information content (AvgIpc) is 3.20. The van der Waals surface area contributed by atoms with Crippen LogP contribution in [-0.2, 0) is 21.4 Å². The molecule has 0 radical (unpaired) electrons. The van der Waals surface area contributed by atoms with Gasteiger partial charge in [0.15, 0.2) is 5.78 Å². The van der Waals surface area contributed by atoms with Crippen LogP contribution in [0.15, 0.2) is 71.8 Å². The molecule has 0 unspecified atom stereocenters. The summed E-state index contributed by atoms with van der Waals surface area (Å²) in [6.45, 7) is 2.15. The summed E-state index contributed by atoms with van der Waals surface area (Å²) >= 11 is 0. The highest BCUT2D eigenvalue weighted by atomic mass is 32.2. The fourth-order valence-electron chi connectivity index (χ4n) is 3.15. The Bertz CT molecular complexity index is 1170. The Morgan fingerprint density at radius 1 is 1.03 bits per heavy atom. The van der Waals surface area contributed by atoms with Crippen LogP contribution < -0.4 is 5.32 Å². The van der Waals surface area contributed by atoms with Gasteiger partial charge in [-0.25, -0.2) is 17.4 Å². The first kappa shape index (κ1) is 23.4. The van der Waals surface area contributed by atoms with Crippen LogP contribution in [0.1, 0.15) is 35.7 Å². The van der Waals surface area contributed by atoms with Crippen LogP contribution in [-0.4, -0.2) is 47.8 Å². The van der Waals surface area contributed by atoms with Crippen LogP contribution in [0.25, 0.3) is 0 Å². The molecule has 0 saturated heterocycles. The number of aromatic nitrogens is 2. The number of rotatable bonds is 10. The van der Waals surface area contributed by atoms with Gasteiger partial charge in [-0.1, -0.05) is 42.5 Å². The molecular formula is C23H26N4O4S. The first-order chi connectivity index (χ1) is 15.3. The fraction of sp³-hybridized carbons (Fsp3) is 0.261. The molecule has 0 atom stereocenters. The van der Waals surface area contributed by atoms with Crippen molar-refractivity contribution in [3.05, 3.63) is 78.0 Å². The lowest BCUT2D eigenvalue weighted by Crippen LogP contribution is -2.28. The molecular weight excluding hydrogens is 428 g/mol. The molecule has 3 rings (SSSR count). The average molecular weight is 455 g/mol. The van der Waals surface area contributed by atoms with Crippen LogP contribution in [0.2, 0.25) is 0 Å². The van der Waals surface area contributed by atoms with Gasteiger partial charge in [0.05, 0.1) is 17.6 Å². The van der Waals surface area contributed by atoms with E-state index in [1.54, 1.807) is 16.9 Å². The van der Waals surface area contributed by atoms with Crippen LogP contribution in [0.3, 0.4) is 0 Å². The number of benzene rings is 2. The van der Waals surface area contributed by atoms with E-state index in [9.17, 15) is 18.0 Å². The van der Waals surface area contributed by atoms with Gasteiger partial charge >= 0.3 is 0 Å². The van der Waals surface area contributed by atoms with E-state index in [4.69, 9.17) is 0 Å². The number of Topliss-reactive ketones (excluding diaryl/α,β-unsaturated/α-hetero) is 1. The zero-order valence-corrected chi connectivity index (χ0v) is 18.9. The standard InChI is InChI=1S/C23H26N4O4S/c1-18(28)20-10-12-21(13-11-20)32(30,31)26(2)16-6-9-23(29)25-22-14-15-24-27(22)17-19-7-4-3-5-8-19/h3-5,7-8,10-15H,6,9,16-17H2,1-2H3,(H,25,29). The van der Waals surface area contributed by atoms with Crippen molar-refractivity contribution >= 4 is 27.5 Å². The Labute approximate surface area is 187 Å². The first-order valence-electron chi connectivity index (χ1n) is 10.2. The van der Waals surface area contributed by atoms with Crippen molar-refractivity contribution in [2.45, 2.75) is 31.2 Å². The molecule has 0 aliphatic rings. The molecule has 0 aliphatic carbocycles. The van der Waals surface area contributed by atoms with E-state index in [1.165, 1.54) is 42.5 Å². The van der Waals surface area contributed by atoms with Gasteiger partial charge in [-0.2, -0.15) is 5.10 Å². The van der Waals surface area contributed by atoms with Gasteiger partial charge in [-0.15, -0.1) is 0 Å². The van der Waals surface area contributed by atoms with E-state index < -0.39 is 10.0 Å². The maximum atomic E-state index is 12.7. The molecule has 0 saturated carbocycles. The topological polar surface area (TPSA) is 101 Å². The summed E-state index contributed by atoms with van der Waals surface area (Å²) in [5.41, 5.74) is 1.52. The normalized spacial score (nSPS) is 11.5. The molecule has 1 N–H and O–H groups in total. The van der Waals surface area contributed by atoms with Crippen molar-refractivity contribution in [1.82, 2.24) is 14.1 Å². The third-order valence-corrected chi connectivity index (χ3v) is 6.88. The minimum absolute atomic E-state index is 0.110. The second kappa shape index (κ2) is 10.3. The first-order valence-corrected chi connectivity index (χ1v) is 11.6. The Balaban J connectivity index is 1.51. The minimum Gasteiger partial charge on any atom is -0.311 e. The van der Waals surface area contributed by atoms with Gasteiger partial charge in [-0.3, -0.25) is 9.59 Å². The lowest BCUT2D eigenvalue weighted by molar-refractivity contribution is -0.116. The predicted molar refractivity (Wildman–Crippen MR) is 122 cm³/mol. The van der Waals surface area contributed by atoms with E-state index >= 15 is 0 Å². The number of nitrogens with zero attached hydrogens (tertiary/aromatic N) is 3. The summed E-state index contributed by atoms with van der Waals surface area (Å²) in [7, 11) is -2.22. The molecule has 2 aromatic carbocycles. The van der Waals surface area contributed by atoms with Gasteiger partial charge in [0.1, 0.15) is 5.82 Å². The monoisotopic (exact) mass is 454 g/mol. The smallest absolute Gasteiger partial charge is 0.242 e. The van der Waals surface area contributed by atoms with Gasteiger partial charge in [0.25, 0.3) is 0 Å². The lowest BCUT2D eigenvalue weighted by Gasteiger charge is -2.17. The molecule has 0 spiro atoms. The van der Waals surface area contributed by atoms with Crippen LogP contribution in [0.4, 0.5) is 5.82 Å². The van der Waals surface area contributed by atoms with Crippen molar-refractivity contribution in [3.63, 3.8) is 0 Å². The van der Waals surface area contributed by atoms with Crippen LogP contribution in [0, 0.1) is 0 Å². The SMILES string of the molecule is CC(=O)c1ccc(S(=O)(=O)N(C)CCCC(=O)Nc2ccnn2Cc2ccccc2)cc1. The van der Waals surface area contributed by atoms with Gasteiger partial charge in [0.2, 0.25) is 15.9 Å². The van der Waals surface area contributed by atoms with Crippen LogP contribution in [0.5, 0.6) is 0 Å². The molecule has 8 nitrogen and oxygen atoms in total. The van der Waals surface area contributed by atoms with Gasteiger partial charge in [0, 0.05) is 31.6 Å². The van der Waals surface area contributed by atoms with Crippen molar-refractivity contribution in [2.24, 2.45) is 0 Å². The maximum absolute atomic E-state index is 12.7. The molecule has 168 valence electrons. The number of anilines is 1. The molecule has 0 aliphatic heterocycles. The zero-order valence-electron chi connectivity index (χ0n) is 18.1. The summed E-state index contributed by atoms with van der Waals surface area (Å²) in [5, 5.41) is 7.08. The Kier molecular flexibility index (Phi) is 7.55. The van der Waals surface area contributed by atoms with Gasteiger partial charge < -0.3 is 5.32 Å². The Morgan fingerprint density at radius 3 is 2.38 bits per heavy atom. The van der Waals surface area contributed by atoms with Crippen LogP contribution >= 0.6 is 0 Å². The Morgan fingerprint density at radius 2 is 1.72 bits per heavy atom. The highest BCUT2D eigenvalue weighted by molar-refractivity contribution is 7.89. The summed E-state index contributed by atoms with van der Waals surface area (Å²) in [5.74, 6) is 0.250. The van der Waals surface area contributed by atoms with E-state index in [0.717, 1.165) is 5.56 Å². The highest BCUT2D eigenvalue weighted by Gasteiger charge is 2.21. The van der Waals surface area contributed by atoms with Gasteiger partial charge in [-0.05, 0) is 31.0 Å². The number of carbonyl (C=O) groups excluding carboxylic acids is 2. The molecule has 1 amide bonds. The quantitative estimate of drug-likeness (QED) is 0.474. The van der Waals surface area contributed by atoms with Crippen molar-refractivity contribution < 1.29 is 18.0 Å². The number of hydrogen-bond acceptors (Lipinski definition) is 5. The zero-order chi connectivity index (χ0) is 23.1. The van der Waals surface area contributed by atoms with E-state index in [2.05, 4.69) is 10.4 Å². The molecule has 0 fully saturated rings.